The molecule has 1 fully saturated rings. The number of halogens is 2. The summed E-state index contributed by atoms with van der Waals surface area (Å²) in [5.74, 6) is 0.180. The van der Waals surface area contributed by atoms with Crippen molar-refractivity contribution in [2.45, 2.75) is 51.0 Å². The van der Waals surface area contributed by atoms with Gasteiger partial charge >= 0.3 is 0 Å². The predicted molar refractivity (Wildman–Crippen MR) is 146 cm³/mol. The zero-order chi connectivity index (χ0) is 23.9. The Hall–Kier alpha value is -2.40. The van der Waals surface area contributed by atoms with Crippen molar-refractivity contribution in [3.8, 4) is 0 Å². The molecule has 0 N–H and O–H groups in total. The van der Waals surface area contributed by atoms with Crippen LogP contribution in [0.4, 0.5) is 0 Å². The molecule has 2 heterocycles. The van der Waals surface area contributed by atoms with Gasteiger partial charge in [-0.05, 0) is 104 Å². The topological polar surface area (TPSA) is 32.7 Å². The van der Waals surface area contributed by atoms with Gasteiger partial charge in [0.1, 0.15) is 0 Å². The second-order valence-corrected chi connectivity index (χ2v) is 11.6. The first-order chi connectivity index (χ1) is 17.1. The quantitative estimate of drug-likeness (QED) is 0.341. The molecule has 178 valence electrons. The van der Waals surface area contributed by atoms with Gasteiger partial charge < -0.3 is 0 Å². The molecule has 0 unspecified atom stereocenters. The summed E-state index contributed by atoms with van der Waals surface area (Å²) in [5.41, 5.74) is 5.79. The predicted octanol–water partition coefficient (Wildman–Crippen LogP) is 8.37. The highest BCUT2D eigenvalue weighted by molar-refractivity contribution is 7.14. The first kappa shape index (κ1) is 23.0. The molecule has 1 amide bonds. The highest BCUT2D eigenvalue weighted by Crippen LogP contribution is 2.45. The molecule has 3 nitrogen and oxygen atoms in total. The molecule has 1 aliphatic heterocycles. The van der Waals surface area contributed by atoms with Crippen LogP contribution in [0, 0.1) is 5.92 Å². The van der Waals surface area contributed by atoms with Crippen molar-refractivity contribution in [3.05, 3.63) is 96.7 Å². The number of aryl methyl sites for hydroxylation is 2. The molecule has 2 aromatic carbocycles. The van der Waals surface area contributed by atoms with Crippen molar-refractivity contribution in [2.75, 3.05) is 0 Å². The molecule has 2 atom stereocenters. The Kier molecular flexibility index (Phi) is 6.30. The molecule has 3 aromatic rings. The Morgan fingerprint density at radius 2 is 1.66 bits per heavy atom. The number of amides is 1. The zero-order valence-corrected chi connectivity index (χ0v) is 21.7. The van der Waals surface area contributed by atoms with E-state index in [2.05, 4.69) is 12.1 Å². The number of carbonyl (C=O) groups is 1. The molecule has 6 rings (SSSR count). The zero-order valence-electron chi connectivity index (χ0n) is 19.3. The van der Waals surface area contributed by atoms with Crippen molar-refractivity contribution in [3.63, 3.8) is 0 Å². The Bertz CT molecular complexity index is 1300. The first-order valence-corrected chi connectivity index (χ1v) is 13.9. The number of allylic oxidation sites excluding steroid dienone is 1. The summed E-state index contributed by atoms with van der Waals surface area (Å²) in [6.45, 7) is 0. The molecule has 0 saturated heterocycles. The summed E-state index contributed by atoms with van der Waals surface area (Å²) in [7, 11) is 0. The minimum atomic E-state index is -0.122. The van der Waals surface area contributed by atoms with Crippen LogP contribution in [0.5, 0.6) is 0 Å². The Labute approximate surface area is 220 Å². The number of hydrogen-bond acceptors (Lipinski definition) is 3. The van der Waals surface area contributed by atoms with E-state index in [4.69, 9.17) is 28.3 Å². The van der Waals surface area contributed by atoms with Gasteiger partial charge in [-0.25, -0.2) is 5.01 Å². The van der Waals surface area contributed by atoms with E-state index in [-0.39, 0.29) is 17.9 Å². The average molecular weight is 522 g/mol. The van der Waals surface area contributed by atoms with Crippen molar-refractivity contribution < 1.29 is 4.79 Å². The molecule has 0 spiro atoms. The SMILES string of the molecule is O=C(c1cc2c(s1)CCCC2)N1N=C2/C(=C\c3ccc(Cl)cc3)CCC[C@@H]2[C@H]1c1ccc(Cl)cc1. The minimum absolute atomic E-state index is 0.0112. The molecular weight excluding hydrogens is 495 g/mol. The second kappa shape index (κ2) is 9.57. The third-order valence-corrected chi connectivity index (χ3v) is 9.07. The van der Waals surface area contributed by atoms with E-state index >= 15 is 0 Å². The maximum absolute atomic E-state index is 13.9. The van der Waals surface area contributed by atoms with Crippen LogP contribution in [0.1, 0.15) is 69.4 Å². The van der Waals surface area contributed by atoms with Crippen molar-refractivity contribution in [1.29, 1.82) is 0 Å². The molecular formula is C29H26Cl2N2OS. The van der Waals surface area contributed by atoms with E-state index in [0.29, 0.717) is 5.02 Å². The average Bonchev–Trinajstić information content (AvgIpc) is 3.48. The van der Waals surface area contributed by atoms with Gasteiger partial charge in [0.2, 0.25) is 0 Å². The van der Waals surface area contributed by atoms with Crippen LogP contribution in [-0.4, -0.2) is 16.6 Å². The second-order valence-electron chi connectivity index (χ2n) is 9.62. The molecule has 1 aromatic heterocycles. The number of hydrogen-bond donors (Lipinski definition) is 0. The lowest BCUT2D eigenvalue weighted by molar-refractivity contribution is 0.0686. The van der Waals surface area contributed by atoms with Gasteiger partial charge in [0.05, 0.1) is 16.6 Å². The largest absolute Gasteiger partial charge is 0.284 e. The van der Waals surface area contributed by atoms with Crippen molar-refractivity contribution >= 4 is 52.2 Å². The number of nitrogens with zero attached hydrogens (tertiary/aromatic N) is 2. The number of thiophene rings is 1. The van der Waals surface area contributed by atoms with E-state index in [1.165, 1.54) is 28.9 Å². The highest BCUT2D eigenvalue weighted by atomic mass is 35.5. The number of hydrazone groups is 1. The van der Waals surface area contributed by atoms with Crippen molar-refractivity contribution in [1.82, 2.24) is 5.01 Å². The molecule has 1 saturated carbocycles. The van der Waals surface area contributed by atoms with Crippen molar-refractivity contribution in [2.24, 2.45) is 11.0 Å². The minimum Gasteiger partial charge on any atom is -0.266 e. The number of benzene rings is 2. The third-order valence-electron chi connectivity index (χ3n) is 7.34. The molecule has 0 bridgehead atoms. The first-order valence-electron chi connectivity index (χ1n) is 12.3. The van der Waals surface area contributed by atoms with Gasteiger partial charge in [0.25, 0.3) is 5.91 Å². The van der Waals surface area contributed by atoms with Crippen LogP contribution in [0.15, 0.2) is 65.3 Å². The van der Waals surface area contributed by atoms with E-state index in [0.717, 1.165) is 58.8 Å². The molecule has 6 heteroatoms. The fourth-order valence-electron chi connectivity index (χ4n) is 5.63. The van der Waals surface area contributed by atoms with Gasteiger partial charge in [-0.3, -0.25) is 4.79 Å². The molecule has 2 aliphatic carbocycles. The summed E-state index contributed by atoms with van der Waals surface area (Å²) in [5, 5.41) is 8.24. The Balaban J connectivity index is 1.41. The van der Waals surface area contributed by atoms with E-state index in [1.54, 1.807) is 16.3 Å². The van der Waals surface area contributed by atoms with E-state index in [1.807, 2.05) is 48.5 Å². The van der Waals surface area contributed by atoms with Crippen LogP contribution in [0.2, 0.25) is 10.0 Å². The number of fused-ring (bicyclic) bond motifs is 2. The fraction of sp³-hybridized carbons (Fsp3) is 0.310. The third kappa shape index (κ3) is 4.48. The Morgan fingerprint density at radius 1 is 0.943 bits per heavy atom. The van der Waals surface area contributed by atoms with Gasteiger partial charge in [0.15, 0.2) is 0 Å². The lowest BCUT2D eigenvalue weighted by Crippen LogP contribution is -2.31. The standard InChI is InChI=1S/C29H26Cl2N2OS/c30-22-12-8-18(9-13-22)16-21-5-3-6-24-27(21)32-33(28(24)19-10-14-23(31)15-11-19)29(34)26-17-20-4-1-2-7-25(20)35-26/h8-17,24,28H,1-7H2/b21-16-/t24-,28+/m0/s1. The molecule has 35 heavy (non-hydrogen) atoms. The van der Waals surface area contributed by atoms with Gasteiger partial charge in [0, 0.05) is 20.8 Å². The van der Waals surface area contributed by atoms with Crippen LogP contribution in [-0.2, 0) is 12.8 Å². The van der Waals surface area contributed by atoms with Gasteiger partial charge in [-0.1, -0.05) is 47.5 Å². The number of carbonyl (C=O) groups excluding carboxylic acids is 1. The number of rotatable bonds is 3. The summed E-state index contributed by atoms with van der Waals surface area (Å²) < 4.78 is 0. The lowest BCUT2D eigenvalue weighted by Gasteiger charge is -2.29. The van der Waals surface area contributed by atoms with E-state index in [9.17, 15) is 4.79 Å². The molecule has 0 radical (unpaired) electrons. The normalized spacial score (nSPS) is 22.6. The Morgan fingerprint density at radius 3 is 2.40 bits per heavy atom. The lowest BCUT2D eigenvalue weighted by atomic mass is 9.77. The van der Waals surface area contributed by atoms with E-state index < -0.39 is 0 Å². The highest BCUT2D eigenvalue weighted by Gasteiger charge is 2.44. The maximum Gasteiger partial charge on any atom is 0.284 e. The van der Waals surface area contributed by atoms with Crippen LogP contribution in [0.25, 0.3) is 6.08 Å². The van der Waals surface area contributed by atoms with Crippen LogP contribution < -0.4 is 0 Å². The summed E-state index contributed by atoms with van der Waals surface area (Å²) in [6, 6.07) is 17.8. The monoisotopic (exact) mass is 520 g/mol. The van der Waals surface area contributed by atoms with Crippen LogP contribution >= 0.6 is 34.5 Å². The smallest absolute Gasteiger partial charge is 0.266 e. The summed E-state index contributed by atoms with van der Waals surface area (Å²) in [6.07, 6.45) is 9.82. The van der Waals surface area contributed by atoms with Gasteiger partial charge in [-0.15, -0.1) is 11.3 Å². The molecule has 3 aliphatic rings. The van der Waals surface area contributed by atoms with Crippen LogP contribution in [0.3, 0.4) is 0 Å². The summed E-state index contributed by atoms with van der Waals surface area (Å²) in [4.78, 5) is 16.1. The summed E-state index contributed by atoms with van der Waals surface area (Å²) >= 11 is 14.0. The fourth-order valence-corrected chi connectivity index (χ4v) is 7.07. The van der Waals surface area contributed by atoms with Gasteiger partial charge in [-0.2, -0.15) is 5.10 Å². The maximum atomic E-state index is 13.9.